The molecule has 56 heavy (non-hydrogen) atoms. The maximum atomic E-state index is 2.43. The van der Waals surface area contributed by atoms with E-state index in [2.05, 4.69) is 204 Å². The molecule has 2 nitrogen and oxygen atoms in total. The van der Waals surface area contributed by atoms with Crippen LogP contribution in [0.4, 0.5) is 17.1 Å². The van der Waals surface area contributed by atoms with Crippen molar-refractivity contribution >= 4 is 113 Å². The predicted molar refractivity (Wildman–Crippen MR) is 244 cm³/mol. The van der Waals surface area contributed by atoms with E-state index < -0.39 is 0 Å². The van der Waals surface area contributed by atoms with Gasteiger partial charge in [0.2, 0.25) is 0 Å². The second-order valence-electron chi connectivity index (χ2n) is 14.6. The molecule has 0 saturated carbocycles. The highest BCUT2D eigenvalue weighted by Gasteiger charge is 2.20. The predicted octanol–water partition coefficient (Wildman–Crippen LogP) is 15.8. The van der Waals surface area contributed by atoms with E-state index in [-0.39, 0.29) is 0 Å². The number of thiophene rings is 2. The van der Waals surface area contributed by atoms with Crippen molar-refractivity contribution in [3.8, 4) is 16.8 Å². The van der Waals surface area contributed by atoms with Gasteiger partial charge in [-0.05, 0) is 107 Å². The maximum absolute atomic E-state index is 2.43. The minimum Gasteiger partial charge on any atom is -0.310 e. The van der Waals surface area contributed by atoms with Crippen molar-refractivity contribution in [1.82, 2.24) is 4.57 Å². The van der Waals surface area contributed by atoms with Crippen LogP contribution in [0.3, 0.4) is 0 Å². The number of aromatic nitrogens is 1. The summed E-state index contributed by atoms with van der Waals surface area (Å²) in [6.45, 7) is 0. The highest BCUT2D eigenvalue weighted by molar-refractivity contribution is 7.26. The number of nitrogens with zero attached hydrogens (tertiary/aromatic N) is 2. The van der Waals surface area contributed by atoms with Crippen molar-refractivity contribution in [2.45, 2.75) is 0 Å². The highest BCUT2D eigenvalue weighted by atomic mass is 32.1. The number of benzene rings is 9. The van der Waals surface area contributed by atoms with Crippen molar-refractivity contribution in [1.29, 1.82) is 0 Å². The number of fused-ring (bicyclic) bond motifs is 10. The summed E-state index contributed by atoms with van der Waals surface area (Å²) in [6.07, 6.45) is 0. The van der Waals surface area contributed by atoms with Crippen molar-refractivity contribution < 1.29 is 0 Å². The Balaban J connectivity index is 1.08. The van der Waals surface area contributed by atoms with Gasteiger partial charge in [-0.25, -0.2) is 0 Å². The Labute approximate surface area is 331 Å². The van der Waals surface area contributed by atoms with E-state index in [1.165, 1.54) is 84.0 Å². The topological polar surface area (TPSA) is 8.17 Å². The van der Waals surface area contributed by atoms with Gasteiger partial charge in [-0.15, -0.1) is 22.7 Å². The quantitative estimate of drug-likeness (QED) is 0.170. The van der Waals surface area contributed by atoms with Crippen LogP contribution < -0.4 is 4.90 Å². The molecule has 3 heterocycles. The lowest BCUT2D eigenvalue weighted by Crippen LogP contribution is -2.10. The number of hydrogen-bond donors (Lipinski definition) is 0. The third-order valence-corrected chi connectivity index (χ3v) is 13.6. The molecule has 0 aliphatic rings. The normalized spacial score (nSPS) is 11.9. The lowest BCUT2D eigenvalue weighted by molar-refractivity contribution is 1.18. The van der Waals surface area contributed by atoms with E-state index >= 15 is 0 Å². The monoisotopic (exact) mass is 748 g/mol. The molecular weight excluding hydrogens is 717 g/mol. The second-order valence-corrected chi connectivity index (χ2v) is 16.7. The van der Waals surface area contributed by atoms with E-state index in [0.29, 0.717) is 0 Å². The van der Waals surface area contributed by atoms with E-state index in [9.17, 15) is 0 Å². The SMILES string of the molecule is c1ccc(-n2c3ccc(-c4ccc5sc6ccccc6c5c4)cc3c3ccc(N(c4ccc5ccccc5c4)c4ccc5c(c4)sc4ccccc45)cc32)cc1. The molecule has 0 unspecified atom stereocenters. The zero-order valence-corrected chi connectivity index (χ0v) is 31.8. The summed E-state index contributed by atoms with van der Waals surface area (Å²) in [5.74, 6) is 0. The highest BCUT2D eigenvalue weighted by Crippen LogP contribution is 2.44. The van der Waals surface area contributed by atoms with E-state index in [0.717, 1.165) is 22.7 Å². The summed E-state index contributed by atoms with van der Waals surface area (Å²) < 4.78 is 7.69. The number of para-hydroxylation sites is 1. The summed E-state index contributed by atoms with van der Waals surface area (Å²) in [5, 5.41) is 10.2. The van der Waals surface area contributed by atoms with Crippen LogP contribution in [-0.4, -0.2) is 4.57 Å². The number of hydrogen-bond acceptors (Lipinski definition) is 3. The molecular formula is C52H32N2S2. The first-order chi connectivity index (χ1) is 27.7. The zero-order valence-electron chi connectivity index (χ0n) is 30.2. The van der Waals surface area contributed by atoms with Crippen molar-refractivity contribution in [3.63, 3.8) is 0 Å². The smallest absolute Gasteiger partial charge is 0.0561 e. The molecule has 0 bridgehead atoms. The molecule has 0 spiro atoms. The molecule has 0 aliphatic carbocycles. The first-order valence-corrected chi connectivity index (χ1v) is 20.6. The summed E-state index contributed by atoms with van der Waals surface area (Å²) in [5.41, 5.74) is 9.35. The average molecular weight is 749 g/mol. The Morgan fingerprint density at radius 1 is 0.321 bits per heavy atom. The third-order valence-electron chi connectivity index (χ3n) is 11.3. The molecule has 0 radical (unpaired) electrons. The molecule has 3 aromatic heterocycles. The minimum absolute atomic E-state index is 1.11. The Hall–Kier alpha value is -6.72. The molecule has 4 heteroatoms. The van der Waals surface area contributed by atoms with Crippen LogP contribution in [0.25, 0.3) is 89.7 Å². The second kappa shape index (κ2) is 12.4. The van der Waals surface area contributed by atoms with Gasteiger partial charge in [-0.3, -0.25) is 0 Å². The summed E-state index contributed by atoms with van der Waals surface area (Å²) in [6, 6.07) is 71.6. The Bertz CT molecular complexity index is 3500. The van der Waals surface area contributed by atoms with Gasteiger partial charge < -0.3 is 9.47 Å². The standard InChI is InChI=1S/C52H32N2S2/c1-2-12-37(13-3-1)54-47-26-19-35(36-20-27-51-46(30-36)43-15-7-9-17-50(43)55-51)29-45(47)41-24-22-39(31-48(41)54)53(38-21-18-33-10-4-5-11-34(33)28-38)40-23-25-44-42-14-6-8-16-49(42)56-52(44)32-40/h1-32H. The van der Waals surface area contributed by atoms with Gasteiger partial charge in [-0.1, -0.05) is 109 Å². The number of anilines is 3. The van der Waals surface area contributed by atoms with Crippen LogP contribution in [0.2, 0.25) is 0 Å². The van der Waals surface area contributed by atoms with Crippen molar-refractivity contribution in [3.05, 3.63) is 194 Å². The fourth-order valence-electron chi connectivity index (χ4n) is 8.71. The summed E-state index contributed by atoms with van der Waals surface area (Å²) in [4.78, 5) is 2.43. The van der Waals surface area contributed by atoms with Gasteiger partial charge >= 0.3 is 0 Å². The fourth-order valence-corrected chi connectivity index (χ4v) is 10.9. The van der Waals surface area contributed by atoms with Gasteiger partial charge in [0.15, 0.2) is 0 Å². The summed E-state index contributed by atoms with van der Waals surface area (Å²) >= 11 is 3.73. The van der Waals surface area contributed by atoms with E-state index in [4.69, 9.17) is 0 Å². The van der Waals surface area contributed by atoms with E-state index in [1.807, 2.05) is 22.7 Å². The van der Waals surface area contributed by atoms with Crippen LogP contribution >= 0.6 is 22.7 Å². The van der Waals surface area contributed by atoms with Crippen molar-refractivity contribution in [2.75, 3.05) is 4.90 Å². The molecule has 9 aromatic carbocycles. The lowest BCUT2D eigenvalue weighted by atomic mass is 10.0. The van der Waals surface area contributed by atoms with E-state index in [1.54, 1.807) is 0 Å². The first-order valence-electron chi connectivity index (χ1n) is 19.0. The lowest BCUT2D eigenvalue weighted by Gasteiger charge is -2.26. The Kier molecular flexibility index (Phi) is 7.00. The summed E-state index contributed by atoms with van der Waals surface area (Å²) in [7, 11) is 0. The molecule has 0 N–H and O–H groups in total. The molecule has 12 aromatic rings. The van der Waals surface area contributed by atoms with Gasteiger partial charge in [0.25, 0.3) is 0 Å². The molecule has 0 saturated heterocycles. The average Bonchev–Trinajstić information content (AvgIpc) is 3.92. The van der Waals surface area contributed by atoms with Crippen LogP contribution in [0.15, 0.2) is 194 Å². The zero-order chi connectivity index (χ0) is 36.7. The minimum atomic E-state index is 1.11. The van der Waals surface area contributed by atoms with Gasteiger partial charge in [0.05, 0.1) is 11.0 Å². The molecule has 0 fully saturated rings. The molecule has 12 rings (SSSR count). The Morgan fingerprint density at radius 3 is 1.71 bits per heavy atom. The van der Waals surface area contributed by atoms with Crippen LogP contribution in [0, 0.1) is 0 Å². The van der Waals surface area contributed by atoms with Crippen LogP contribution in [0.5, 0.6) is 0 Å². The fraction of sp³-hybridized carbons (Fsp3) is 0. The van der Waals surface area contributed by atoms with Crippen LogP contribution in [-0.2, 0) is 0 Å². The molecule has 0 aliphatic heterocycles. The van der Waals surface area contributed by atoms with Gasteiger partial charge in [0, 0.05) is 73.9 Å². The Morgan fingerprint density at radius 2 is 0.893 bits per heavy atom. The first kappa shape index (κ1) is 31.6. The maximum Gasteiger partial charge on any atom is 0.0561 e. The third kappa shape index (κ3) is 4.93. The largest absolute Gasteiger partial charge is 0.310 e. The van der Waals surface area contributed by atoms with Gasteiger partial charge in [-0.2, -0.15) is 0 Å². The van der Waals surface area contributed by atoms with Crippen LogP contribution in [0.1, 0.15) is 0 Å². The molecule has 0 atom stereocenters. The number of rotatable bonds is 5. The molecule has 262 valence electrons. The van der Waals surface area contributed by atoms with Crippen molar-refractivity contribution in [2.24, 2.45) is 0 Å². The molecule has 0 amide bonds. The van der Waals surface area contributed by atoms with Gasteiger partial charge in [0.1, 0.15) is 0 Å².